The number of benzene rings is 1. The second-order valence-electron chi connectivity index (χ2n) is 9.40. The lowest BCUT2D eigenvalue weighted by atomic mass is 10.0. The highest BCUT2D eigenvalue weighted by Gasteiger charge is 2.32. The summed E-state index contributed by atoms with van der Waals surface area (Å²) in [4.78, 5) is 50.4. The number of nitrogens with two attached hydrogens (primary N) is 1. The molecule has 3 amide bonds. The Morgan fingerprint density at radius 1 is 0.914 bits per heavy atom. The number of aliphatic carboxylic acids is 1. The van der Waals surface area contributed by atoms with Gasteiger partial charge in [-0.05, 0) is 42.2 Å². The smallest absolute Gasteiger partial charge is 0.326 e. The molecule has 10 heteroatoms. The van der Waals surface area contributed by atoms with Crippen molar-refractivity contribution in [3.8, 4) is 0 Å². The summed E-state index contributed by atoms with van der Waals surface area (Å²) >= 11 is 1.53. The molecule has 4 unspecified atom stereocenters. The van der Waals surface area contributed by atoms with Crippen LogP contribution in [0.2, 0.25) is 0 Å². The minimum absolute atomic E-state index is 0.112. The first kappa shape index (κ1) is 30.4. The van der Waals surface area contributed by atoms with Crippen LogP contribution in [0.25, 0.3) is 0 Å². The molecule has 0 radical (unpaired) electrons. The zero-order valence-electron chi connectivity index (χ0n) is 21.2. The Balaban J connectivity index is 2.93. The third kappa shape index (κ3) is 11.1. The number of hydrogen-bond donors (Lipinski definition) is 5. The van der Waals surface area contributed by atoms with E-state index in [1.807, 2.05) is 26.2 Å². The molecule has 0 saturated carbocycles. The predicted molar refractivity (Wildman–Crippen MR) is 139 cm³/mol. The van der Waals surface area contributed by atoms with Crippen molar-refractivity contribution in [3.63, 3.8) is 0 Å². The number of carbonyl (C=O) groups is 4. The first-order valence-electron chi connectivity index (χ1n) is 11.9. The van der Waals surface area contributed by atoms with Crippen LogP contribution in [0.15, 0.2) is 30.3 Å². The molecular weight excluding hydrogens is 468 g/mol. The van der Waals surface area contributed by atoms with Crippen LogP contribution in [-0.4, -0.2) is 65.0 Å². The Morgan fingerprint density at radius 2 is 1.51 bits per heavy atom. The van der Waals surface area contributed by atoms with Crippen LogP contribution < -0.4 is 21.7 Å². The van der Waals surface area contributed by atoms with Gasteiger partial charge in [0.1, 0.15) is 18.1 Å². The number of hydrogen-bond acceptors (Lipinski definition) is 6. The minimum atomic E-state index is -1.17. The standard InChI is InChI=1S/C25H40N4O5S/c1-15(2)13-18(26)22(30)27-19(11-12-35-5)23(31)29-21(16(3)4)24(32)28-20(25(33)34)14-17-9-7-6-8-10-17/h6-10,15-16,18-21H,11-14,26H2,1-5H3,(H,27,30)(H,28,32)(H,29,31)(H,33,34). The number of rotatable bonds is 15. The summed E-state index contributed by atoms with van der Waals surface area (Å²) in [5.74, 6) is -2.16. The van der Waals surface area contributed by atoms with Crippen LogP contribution in [-0.2, 0) is 25.6 Å². The maximum atomic E-state index is 13.1. The minimum Gasteiger partial charge on any atom is -0.480 e. The van der Waals surface area contributed by atoms with Crippen molar-refractivity contribution >= 4 is 35.5 Å². The van der Waals surface area contributed by atoms with Gasteiger partial charge in [0.2, 0.25) is 17.7 Å². The normalized spacial score (nSPS) is 14.6. The van der Waals surface area contributed by atoms with Crippen LogP contribution in [0, 0.1) is 11.8 Å². The van der Waals surface area contributed by atoms with Gasteiger partial charge >= 0.3 is 5.97 Å². The van der Waals surface area contributed by atoms with Crippen molar-refractivity contribution < 1.29 is 24.3 Å². The summed E-state index contributed by atoms with van der Waals surface area (Å²) in [7, 11) is 0. The van der Waals surface area contributed by atoms with Gasteiger partial charge < -0.3 is 26.8 Å². The van der Waals surface area contributed by atoms with Crippen molar-refractivity contribution in [2.45, 2.75) is 71.1 Å². The molecule has 1 aromatic rings. The van der Waals surface area contributed by atoms with E-state index in [4.69, 9.17) is 5.73 Å². The number of carboxylic acids is 1. The molecule has 6 N–H and O–H groups in total. The number of carboxylic acid groups (broad SMARTS) is 1. The van der Waals surface area contributed by atoms with Gasteiger partial charge in [0, 0.05) is 6.42 Å². The third-order valence-electron chi connectivity index (χ3n) is 5.45. The fourth-order valence-electron chi connectivity index (χ4n) is 3.50. The summed E-state index contributed by atoms with van der Waals surface area (Å²) in [5, 5.41) is 17.6. The summed E-state index contributed by atoms with van der Waals surface area (Å²) in [6.07, 6.45) is 2.86. The van der Waals surface area contributed by atoms with Crippen LogP contribution in [0.4, 0.5) is 0 Å². The zero-order valence-corrected chi connectivity index (χ0v) is 22.1. The lowest BCUT2D eigenvalue weighted by molar-refractivity contribution is -0.142. The van der Waals surface area contributed by atoms with Gasteiger partial charge in [0.05, 0.1) is 6.04 Å². The molecule has 0 aliphatic heterocycles. The molecule has 1 aromatic carbocycles. The monoisotopic (exact) mass is 508 g/mol. The highest BCUT2D eigenvalue weighted by atomic mass is 32.2. The van der Waals surface area contributed by atoms with Crippen molar-refractivity contribution in [2.24, 2.45) is 17.6 Å². The molecule has 0 aromatic heterocycles. The average Bonchev–Trinajstić information content (AvgIpc) is 2.79. The van der Waals surface area contributed by atoms with E-state index in [1.165, 1.54) is 11.8 Å². The van der Waals surface area contributed by atoms with E-state index < -0.39 is 47.9 Å². The second kappa shape index (κ2) is 15.4. The average molecular weight is 509 g/mol. The van der Waals surface area contributed by atoms with Gasteiger partial charge in [-0.3, -0.25) is 14.4 Å². The Bertz CT molecular complexity index is 834. The van der Waals surface area contributed by atoms with Crippen LogP contribution in [0.5, 0.6) is 0 Å². The van der Waals surface area contributed by atoms with E-state index in [-0.39, 0.29) is 18.3 Å². The van der Waals surface area contributed by atoms with E-state index in [0.717, 1.165) is 5.56 Å². The Hall–Kier alpha value is -2.59. The maximum absolute atomic E-state index is 13.1. The molecule has 4 atom stereocenters. The van der Waals surface area contributed by atoms with Crippen molar-refractivity contribution in [2.75, 3.05) is 12.0 Å². The van der Waals surface area contributed by atoms with Gasteiger partial charge in [0.15, 0.2) is 0 Å². The summed E-state index contributed by atoms with van der Waals surface area (Å²) in [6.45, 7) is 7.43. The van der Waals surface area contributed by atoms with Gasteiger partial charge in [-0.2, -0.15) is 11.8 Å². The highest BCUT2D eigenvalue weighted by molar-refractivity contribution is 7.98. The topological polar surface area (TPSA) is 151 Å². The molecule has 9 nitrogen and oxygen atoms in total. The highest BCUT2D eigenvalue weighted by Crippen LogP contribution is 2.09. The van der Waals surface area contributed by atoms with Crippen LogP contribution in [0.3, 0.4) is 0 Å². The Kier molecular flexibility index (Phi) is 13.4. The van der Waals surface area contributed by atoms with Gasteiger partial charge in [-0.1, -0.05) is 58.0 Å². The summed E-state index contributed by atoms with van der Waals surface area (Å²) in [6, 6.07) is 5.26. The molecule has 1 rings (SSSR count). The summed E-state index contributed by atoms with van der Waals surface area (Å²) < 4.78 is 0. The van der Waals surface area contributed by atoms with Crippen molar-refractivity contribution in [1.82, 2.24) is 16.0 Å². The molecule has 0 aliphatic rings. The van der Waals surface area contributed by atoms with E-state index >= 15 is 0 Å². The van der Waals surface area contributed by atoms with Crippen LogP contribution in [0.1, 0.15) is 46.1 Å². The third-order valence-corrected chi connectivity index (χ3v) is 6.09. The lowest BCUT2D eigenvalue weighted by Gasteiger charge is -2.27. The van der Waals surface area contributed by atoms with E-state index in [1.54, 1.807) is 38.1 Å². The largest absolute Gasteiger partial charge is 0.480 e. The van der Waals surface area contributed by atoms with E-state index in [2.05, 4.69) is 16.0 Å². The van der Waals surface area contributed by atoms with Gasteiger partial charge in [-0.25, -0.2) is 4.79 Å². The van der Waals surface area contributed by atoms with E-state index in [9.17, 15) is 24.3 Å². The molecular formula is C25H40N4O5S. The molecule has 196 valence electrons. The molecule has 0 fully saturated rings. The summed E-state index contributed by atoms with van der Waals surface area (Å²) in [5.41, 5.74) is 6.74. The molecule has 0 heterocycles. The fourth-order valence-corrected chi connectivity index (χ4v) is 3.97. The Morgan fingerprint density at radius 3 is 2.03 bits per heavy atom. The molecule has 35 heavy (non-hydrogen) atoms. The van der Waals surface area contributed by atoms with E-state index in [0.29, 0.717) is 18.6 Å². The maximum Gasteiger partial charge on any atom is 0.326 e. The lowest BCUT2D eigenvalue weighted by Crippen LogP contribution is -2.58. The molecule has 0 aliphatic carbocycles. The number of nitrogens with one attached hydrogen (secondary N) is 3. The fraction of sp³-hybridized carbons (Fsp3) is 0.600. The van der Waals surface area contributed by atoms with Crippen molar-refractivity contribution in [3.05, 3.63) is 35.9 Å². The SMILES string of the molecule is CSCCC(NC(=O)C(N)CC(C)C)C(=O)NC(C(=O)NC(Cc1ccccc1)C(=O)O)C(C)C. The molecule has 0 spiro atoms. The number of thioether (sulfide) groups is 1. The molecule has 0 saturated heterocycles. The first-order valence-corrected chi connectivity index (χ1v) is 13.3. The Labute approximate surface area is 212 Å². The quantitative estimate of drug-likeness (QED) is 0.241. The second-order valence-corrected chi connectivity index (χ2v) is 10.4. The molecule has 0 bridgehead atoms. The number of amides is 3. The predicted octanol–water partition coefficient (Wildman–Crippen LogP) is 1.55. The zero-order chi connectivity index (χ0) is 26.5. The van der Waals surface area contributed by atoms with Gasteiger partial charge in [0.25, 0.3) is 0 Å². The van der Waals surface area contributed by atoms with Gasteiger partial charge in [-0.15, -0.1) is 0 Å². The van der Waals surface area contributed by atoms with Crippen LogP contribution >= 0.6 is 11.8 Å². The van der Waals surface area contributed by atoms with Crippen molar-refractivity contribution in [1.29, 1.82) is 0 Å². The first-order chi connectivity index (χ1) is 16.5. The number of carbonyl (C=O) groups excluding carboxylic acids is 3.